The standard InChI is InChI=1S/C10H23N.C7H8O3S/c1-5-9(6-2)10(11,7-3)8-4;1-6-2-4-7(5-3-6)11(8,9)10/h9H,5-8,11H2,1-4H3;2-5H,1H3,(H,8,9,10). The molecule has 3 N–H and O–H groups in total. The molecule has 0 amide bonds. The summed E-state index contributed by atoms with van der Waals surface area (Å²) < 4.78 is 29.6. The molecule has 5 heteroatoms. The third kappa shape index (κ3) is 6.46. The first-order chi connectivity index (χ1) is 10.1. The van der Waals surface area contributed by atoms with Gasteiger partial charge in [0.05, 0.1) is 4.90 Å². The Balaban J connectivity index is 0.000000401. The van der Waals surface area contributed by atoms with Gasteiger partial charge in [-0.15, -0.1) is 0 Å². The number of hydrogen-bond donors (Lipinski definition) is 2. The van der Waals surface area contributed by atoms with Crippen LogP contribution in [0.2, 0.25) is 0 Å². The zero-order valence-corrected chi connectivity index (χ0v) is 15.3. The predicted molar refractivity (Wildman–Crippen MR) is 92.6 cm³/mol. The van der Waals surface area contributed by atoms with Gasteiger partial charge in [0.1, 0.15) is 0 Å². The summed E-state index contributed by atoms with van der Waals surface area (Å²) in [6, 6.07) is 5.99. The molecular formula is C17H31NO3S. The lowest BCUT2D eigenvalue weighted by atomic mass is 9.77. The highest BCUT2D eigenvalue weighted by molar-refractivity contribution is 7.85. The van der Waals surface area contributed by atoms with Crippen LogP contribution in [0.1, 0.15) is 58.9 Å². The molecule has 128 valence electrons. The van der Waals surface area contributed by atoms with E-state index in [4.69, 9.17) is 10.3 Å². The molecule has 0 aliphatic carbocycles. The summed E-state index contributed by atoms with van der Waals surface area (Å²) in [7, 11) is -4.02. The van der Waals surface area contributed by atoms with Crippen LogP contribution in [0.5, 0.6) is 0 Å². The Hall–Kier alpha value is -0.910. The van der Waals surface area contributed by atoms with Gasteiger partial charge in [0.15, 0.2) is 0 Å². The van der Waals surface area contributed by atoms with E-state index in [0.29, 0.717) is 5.92 Å². The summed E-state index contributed by atoms with van der Waals surface area (Å²) >= 11 is 0. The van der Waals surface area contributed by atoms with Gasteiger partial charge in [-0.2, -0.15) is 8.42 Å². The highest BCUT2D eigenvalue weighted by Crippen LogP contribution is 2.27. The minimum atomic E-state index is -4.02. The third-order valence-electron chi connectivity index (χ3n) is 4.43. The Morgan fingerprint density at radius 3 is 1.68 bits per heavy atom. The predicted octanol–water partition coefficient (Wildman–Crippen LogP) is 4.18. The van der Waals surface area contributed by atoms with E-state index in [0.717, 1.165) is 18.4 Å². The SMILES string of the molecule is CCC(CC)C(N)(CC)CC.Cc1ccc(S(=O)(=O)O)cc1. The van der Waals surface area contributed by atoms with Crippen molar-refractivity contribution in [2.45, 2.75) is 70.7 Å². The second kappa shape index (κ2) is 9.28. The van der Waals surface area contributed by atoms with Gasteiger partial charge >= 0.3 is 0 Å². The second-order valence-electron chi connectivity index (χ2n) is 5.74. The Labute approximate surface area is 135 Å². The van der Waals surface area contributed by atoms with E-state index < -0.39 is 10.1 Å². The monoisotopic (exact) mass is 329 g/mol. The van der Waals surface area contributed by atoms with Crippen molar-refractivity contribution in [3.8, 4) is 0 Å². The number of rotatable bonds is 6. The fourth-order valence-electron chi connectivity index (χ4n) is 2.64. The quantitative estimate of drug-likeness (QED) is 0.767. The van der Waals surface area contributed by atoms with Crippen LogP contribution in [0.3, 0.4) is 0 Å². The minimum absolute atomic E-state index is 0.0666. The smallest absolute Gasteiger partial charge is 0.294 e. The van der Waals surface area contributed by atoms with Crippen molar-refractivity contribution in [3.05, 3.63) is 29.8 Å². The van der Waals surface area contributed by atoms with Crippen LogP contribution in [0.25, 0.3) is 0 Å². The summed E-state index contributed by atoms with van der Waals surface area (Å²) in [5.74, 6) is 0.706. The van der Waals surface area contributed by atoms with Crippen molar-refractivity contribution < 1.29 is 13.0 Å². The van der Waals surface area contributed by atoms with Crippen LogP contribution in [0.15, 0.2) is 29.2 Å². The number of aryl methyl sites for hydroxylation is 1. The summed E-state index contributed by atoms with van der Waals surface area (Å²) in [6.07, 6.45) is 4.65. The summed E-state index contributed by atoms with van der Waals surface area (Å²) in [6.45, 7) is 10.7. The van der Waals surface area contributed by atoms with E-state index in [2.05, 4.69) is 27.7 Å². The van der Waals surface area contributed by atoms with Gasteiger partial charge in [-0.05, 0) is 37.8 Å². The first-order valence-electron chi connectivity index (χ1n) is 7.97. The lowest BCUT2D eigenvalue weighted by molar-refractivity contribution is 0.237. The fourth-order valence-corrected chi connectivity index (χ4v) is 3.12. The molecular weight excluding hydrogens is 298 g/mol. The maximum absolute atomic E-state index is 10.5. The van der Waals surface area contributed by atoms with Crippen LogP contribution < -0.4 is 5.73 Å². The lowest BCUT2D eigenvalue weighted by Gasteiger charge is -2.35. The van der Waals surface area contributed by atoms with Gasteiger partial charge in [0.2, 0.25) is 0 Å². The zero-order valence-electron chi connectivity index (χ0n) is 14.5. The highest BCUT2D eigenvalue weighted by atomic mass is 32.2. The van der Waals surface area contributed by atoms with Gasteiger partial charge in [-0.25, -0.2) is 0 Å². The Morgan fingerprint density at radius 2 is 1.45 bits per heavy atom. The largest absolute Gasteiger partial charge is 0.325 e. The molecule has 0 aliphatic rings. The zero-order chi connectivity index (χ0) is 17.4. The maximum atomic E-state index is 10.5. The van der Waals surface area contributed by atoms with Crippen LogP contribution in [-0.2, 0) is 10.1 Å². The van der Waals surface area contributed by atoms with Crippen LogP contribution in [0, 0.1) is 12.8 Å². The van der Waals surface area contributed by atoms with Crippen molar-refractivity contribution in [1.82, 2.24) is 0 Å². The molecule has 0 spiro atoms. The van der Waals surface area contributed by atoms with Crippen molar-refractivity contribution >= 4 is 10.1 Å². The molecule has 0 saturated carbocycles. The van der Waals surface area contributed by atoms with Crippen molar-refractivity contribution in [1.29, 1.82) is 0 Å². The second-order valence-corrected chi connectivity index (χ2v) is 7.16. The number of hydrogen-bond acceptors (Lipinski definition) is 3. The molecule has 0 unspecified atom stereocenters. The molecule has 0 saturated heterocycles. The summed E-state index contributed by atoms with van der Waals surface area (Å²) in [5.41, 5.74) is 7.32. The topological polar surface area (TPSA) is 80.4 Å². The Bertz CT molecular complexity index is 515. The van der Waals surface area contributed by atoms with Gasteiger partial charge in [-0.1, -0.05) is 58.2 Å². The van der Waals surface area contributed by atoms with Crippen molar-refractivity contribution in [3.63, 3.8) is 0 Å². The summed E-state index contributed by atoms with van der Waals surface area (Å²) in [4.78, 5) is -0.0666. The van der Waals surface area contributed by atoms with Gasteiger partial charge < -0.3 is 5.73 Å². The average molecular weight is 330 g/mol. The molecule has 0 heterocycles. The van der Waals surface area contributed by atoms with Crippen molar-refractivity contribution in [2.24, 2.45) is 11.7 Å². The molecule has 1 aromatic rings. The molecule has 0 fully saturated rings. The van der Waals surface area contributed by atoms with E-state index >= 15 is 0 Å². The minimum Gasteiger partial charge on any atom is -0.325 e. The Kier molecular flexibility index (Phi) is 8.89. The van der Waals surface area contributed by atoms with Crippen molar-refractivity contribution in [2.75, 3.05) is 0 Å². The molecule has 0 bridgehead atoms. The first kappa shape index (κ1) is 21.1. The lowest BCUT2D eigenvalue weighted by Crippen LogP contribution is -2.45. The number of nitrogens with two attached hydrogens (primary N) is 1. The molecule has 0 atom stereocenters. The third-order valence-corrected chi connectivity index (χ3v) is 5.30. The summed E-state index contributed by atoms with van der Waals surface area (Å²) in [5, 5.41) is 0. The van der Waals surface area contributed by atoms with Gasteiger partial charge in [0.25, 0.3) is 10.1 Å². The van der Waals surface area contributed by atoms with Gasteiger partial charge in [0, 0.05) is 5.54 Å². The van der Waals surface area contributed by atoms with E-state index in [1.807, 2.05) is 6.92 Å². The molecule has 4 nitrogen and oxygen atoms in total. The normalized spacial score (nSPS) is 12.0. The van der Waals surface area contributed by atoms with Crippen LogP contribution >= 0.6 is 0 Å². The fraction of sp³-hybridized carbons (Fsp3) is 0.647. The number of benzene rings is 1. The molecule has 0 aliphatic heterocycles. The molecule has 0 aromatic heterocycles. The maximum Gasteiger partial charge on any atom is 0.294 e. The molecule has 0 radical (unpaired) electrons. The molecule has 22 heavy (non-hydrogen) atoms. The van der Waals surface area contributed by atoms with E-state index in [1.54, 1.807) is 12.1 Å². The Morgan fingerprint density at radius 1 is 1.05 bits per heavy atom. The highest BCUT2D eigenvalue weighted by Gasteiger charge is 2.28. The molecule has 1 aromatic carbocycles. The van der Waals surface area contributed by atoms with Gasteiger partial charge in [-0.3, -0.25) is 4.55 Å². The van der Waals surface area contributed by atoms with Crippen LogP contribution in [-0.4, -0.2) is 18.5 Å². The average Bonchev–Trinajstić information content (AvgIpc) is 2.48. The van der Waals surface area contributed by atoms with E-state index in [1.165, 1.54) is 25.0 Å². The molecule has 1 rings (SSSR count). The van der Waals surface area contributed by atoms with Crippen LogP contribution in [0.4, 0.5) is 0 Å². The van der Waals surface area contributed by atoms with E-state index in [-0.39, 0.29) is 10.4 Å². The first-order valence-corrected chi connectivity index (χ1v) is 9.41. The van der Waals surface area contributed by atoms with E-state index in [9.17, 15) is 8.42 Å².